The van der Waals surface area contributed by atoms with Crippen LogP contribution in [0.2, 0.25) is 0 Å². The zero-order valence-corrected chi connectivity index (χ0v) is 11.1. The van der Waals surface area contributed by atoms with Crippen molar-refractivity contribution >= 4 is 10.0 Å². The fourth-order valence-corrected chi connectivity index (χ4v) is 2.72. The Labute approximate surface area is 115 Å². The normalized spacial score (nSPS) is 11.0. The highest BCUT2D eigenvalue weighted by atomic mass is 32.2. The van der Waals surface area contributed by atoms with Crippen molar-refractivity contribution in [3.63, 3.8) is 0 Å². The molecule has 1 heterocycles. The molecular weight excluding hydrogens is 281 g/mol. The van der Waals surface area contributed by atoms with Crippen LogP contribution in [-0.4, -0.2) is 13.4 Å². The van der Waals surface area contributed by atoms with Crippen molar-refractivity contribution in [1.29, 1.82) is 5.26 Å². The third kappa shape index (κ3) is 3.17. The van der Waals surface area contributed by atoms with E-state index in [-0.39, 0.29) is 17.1 Å². The Kier molecular flexibility index (Phi) is 4.08. The third-order valence-electron chi connectivity index (χ3n) is 2.52. The van der Waals surface area contributed by atoms with Gasteiger partial charge in [0.2, 0.25) is 10.0 Å². The number of sulfonamides is 1. The first-order valence-corrected chi connectivity index (χ1v) is 7.10. The van der Waals surface area contributed by atoms with E-state index in [1.54, 1.807) is 12.1 Å². The molecule has 0 aliphatic carbocycles. The summed E-state index contributed by atoms with van der Waals surface area (Å²) in [6.45, 7) is -0.0696. The van der Waals surface area contributed by atoms with Gasteiger partial charge >= 0.3 is 0 Å². The minimum atomic E-state index is -3.87. The number of halogens is 1. The highest BCUT2D eigenvalue weighted by Crippen LogP contribution is 2.12. The van der Waals surface area contributed by atoms with E-state index in [4.69, 9.17) is 5.26 Å². The van der Waals surface area contributed by atoms with Crippen LogP contribution in [0, 0.1) is 17.1 Å². The van der Waals surface area contributed by atoms with E-state index < -0.39 is 15.8 Å². The summed E-state index contributed by atoms with van der Waals surface area (Å²) in [7, 11) is -3.87. The molecule has 0 fully saturated rings. The van der Waals surface area contributed by atoms with Crippen molar-refractivity contribution in [2.45, 2.75) is 11.4 Å². The lowest BCUT2D eigenvalue weighted by Gasteiger charge is -2.07. The first-order valence-electron chi connectivity index (χ1n) is 5.62. The summed E-state index contributed by atoms with van der Waals surface area (Å²) in [5.74, 6) is -0.444. The molecule has 1 N–H and O–H groups in total. The highest BCUT2D eigenvalue weighted by molar-refractivity contribution is 7.89. The Morgan fingerprint density at radius 1 is 1.30 bits per heavy atom. The highest BCUT2D eigenvalue weighted by Gasteiger charge is 2.18. The molecule has 0 aliphatic rings. The van der Waals surface area contributed by atoms with Crippen molar-refractivity contribution in [3.8, 4) is 6.07 Å². The minimum absolute atomic E-state index is 0.0696. The van der Waals surface area contributed by atoms with Crippen LogP contribution in [0.3, 0.4) is 0 Å². The maximum atomic E-state index is 13.0. The van der Waals surface area contributed by atoms with Crippen LogP contribution in [0.25, 0.3) is 0 Å². The molecule has 2 rings (SSSR count). The second-order valence-corrected chi connectivity index (χ2v) is 5.65. The number of benzene rings is 1. The molecule has 2 aromatic rings. The Balaban J connectivity index is 2.22. The van der Waals surface area contributed by atoms with Crippen molar-refractivity contribution in [2.75, 3.05) is 0 Å². The van der Waals surface area contributed by atoms with Crippen LogP contribution in [0.5, 0.6) is 0 Å². The largest absolute Gasteiger partial charge is 0.244 e. The molecule has 102 valence electrons. The molecule has 0 spiro atoms. The van der Waals surface area contributed by atoms with Crippen LogP contribution in [0.1, 0.15) is 11.3 Å². The second kappa shape index (κ2) is 5.77. The molecule has 20 heavy (non-hydrogen) atoms. The minimum Gasteiger partial charge on any atom is -0.244 e. The quantitative estimate of drug-likeness (QED) is 0.927. The number of nitrogens with zero attached hydrogens (tertiary/aromatic N) is 2. The summed E-state index contributed by atoms with van der Waals surface area (Å²) < 4.78 is 39.5. The molecule has 0 amide bonds. The average molecular weight is 291 g/mol. The summed E-state index contributed by atoms with van der Waals surface area (Å²) in [6, 6.07) is 10.0. The van der Waals surface area contributed by atoms with Crippen LogP contribution in [0.15, 0.2) is 47.5 Å². The van der Waals surface area contributed by atoms with Crippen LogP contribution < -0.4 is 4.72 Å². The molecule has 0 bridgehead atoms. The summed E-state index contributed by atoms with van der Waals surface area (Å²) in [6.07, 6.45) is 1.34. The SMILES string of the molecule is N#Cc1ncccc1S(=O)(=O)NCc1cccc(F)c1. The second-order valence-electron chi connectivity index (χ2n) is 3.92. The smallest absolute Gasteiger partial charge is 0.243 e. The average Bonchev–Trinajstić information content (AvgIpc) is 2.45. The summed E-state index contributed by atoms with van der Waals surface area (Å²) >= 11 is 0. The number of pyridine rings is 1. The van der Waals surface area contributed by atoms with E-state index in [0.29, 0.717) is 5.56 Å². The summed E-state index contributed by atoms with van der Waals surface area (Å²) in [4.78, 5) is 3.50. The Bertz CT molecular complexity index is 769. The standard InChI is InChI=1S/C13H10FN3O2S/c14-11-4-1-3-10(7-11)9-17-20(18,19)13-5-2-6-16-12(13)8-15/h1-7,17H,9H2. The van der Waals surface area contributed by atoms with Gasteiger partial charge in [0.25, 0.3) is 0 Å². The van der Waals surface area contributed by atoms with Gasteiger partial charge in [0.15, 0.2) is 5.69 Å². The predicted octanol–water partition coefficient (Wildman–Crippen LogP) is 1.57. The van der Waals surface area contributed by atoms with E-state index in [0.717, 1.165) is 0 Å². The van der Waals surface area contributed by atoms with Gasteiger partial charge in [0.1, 0.15) is 16.8 Å². The summed E-state index contributed by atoms with van der Waals surface area (Å²) in [5, 5.41) is 8.85. The van der Waals surface area contributed by atoms with Gasteiger partial charge in [0, 0.05) is 12.7 Å². The number of nitrogens with one attached hydrogen (secondary N) is 1. The lowest BCUT2D eigenvalue weighted by molar-refractivity contribution is 0.579. The number of hydrogen-bond acceptors (Lipinski definition) is 4. The maximum Gasteiger partial charge on any atom is 0.243 e. The molecule has 0 aliphatic heterocycles. The fraction of sp³-hybridized carbons (Fsp3) is 0.0769. The molecule has 7 heteroatoms. The molecule has 1 aromatic heterocycles. The van der Waals surface area contributed by atoms with E-state index in [2.05, 4.69) is 9.71 Å². The number of nitriles is 1. The molecule has 0 unspecified atom stereocenters. The number of aromatic nitrogens is 1. The van der Waals surface area contributed by atoms with Crippen molar-refractivity contribution in [3.05, 3.63) is 59.7 Å². The lowest BCUT2D eigenvalue weighted by Crippen LogP contribution is -2.24. The van der Waals surface area contributed by atoms with Gasteiger partial charge in [-0.2, -0.15) is 5.26 Å². The monoisotopic (exact) mass is 291 g/mol. The topological polar surface area (TPSA) is 82.8 Å². The zero-order chi connectivity index (χ0) is 14.6. The van der Waals surface area contributed by atoms with Gasteiger partial charge in [-0.1, -0.05) is 12.1 Å². The molecule has 5 nitrogen and oxygen atoms in total. The van der Waals surface area contributed by atoms with Gasteiger partial charge in [-0.3, -0.25) is 0 Å². The zero-order valence-electron chi connectivity index (χ0n) is 10.2. The lowest BCUT2D eigenvalue weighted by atomic mass is 10.2. The van der Waals surface area contributed by atoms with Crippen LogP contribution >= 0.6 is 0 Å². The Hall–Kier alpha value is -2.30. The molecular formula is C13H10FN3O2S. The molecule has 1 aromatic carbocycles. The van der Waals surface area contributed by atoms with Crippen molar-refractivity contribution in [1.82, 2.24) is 9.71 Å². The van der Waals surface area contributed by atoms with E-state index in [1.165, 1.54) is 36.5 Å². The third-order valence-corrected chi connectivity index (χ3v) is 3.95. The predicted molar refractivity (Wildman–Crippen MR) is 69.4 cm³/mol. The van der Waals surface area contributed by atoms with E-state index in [1.807, 2.05) is 0 Å². The van der Waals surface area contributed by atoms with E-state index in [9.17, 15) is 12.8 Å². The molecule has 0 radical (unpaired) electrons. The first kappa shape index (κ1) is 14.1. The summed E-state index contributed by atoms with van der Waals surface area (Å²) in [5.41, 5.74) is 0.301. The first-order chi connectivity index (χ1) is 9.53. The fourth-order valence-electron chi connectivity index (χ4n) is 1.59. The van der Waals surface area contributed by atoms with Crippen molar-refractivity contribution in [2.24, 2.45) is 0 Å². The number of hydrogen-bond donors (Lipinski definition) is 1. The van der Waals surface area contributed by atoms with Gasteiger partial charge in [0.05, 0.1) is 0 Å². The van der Waals surface area contributed by atoms with Crippen molar-refractivity contribution < 1.29 is 12.8 Å². The van der Waals surface area contributed by atoms with Crippen LogP contribution in [-0.2, 0) is 16.6 Å². The van der Waals surface area contributed by atoms with Gasteiger partial charge in [-0.25, -0.2) is 22.5 Å². The molecule has 0 atom stereocenters. The maximum absolute atomic E-state index is 13.0. The van der Waals surface area contributed by atoms with Gasteiger partial charge in [-0.15, -0.1) is 0 Å². The molecule has 0 saturated heterocycles. The Morgan fingerprint density at radius 2 is 2.10 bits per heavy atom. The van der Waals surface area contributed by atoms with Gasteiger partial charge in [-0.05, 0) is 29.8 Å². The van der Waals surface area contributed by atoms with Crippen LogP contribution in [0.4, 0.5) is 4.39 Å². The van der Waals surface area contributed by atoms with Gasteiger partial charge < -0.3 is 0 Å². The number of rotatable bonds is 4. The molecule has 0 saturated carbocycles. The Morgan fingerprint density at radius 3 is 2.80 bits per heavy atom. The van der Waals surface area contributed by atoms with E-state index >= 15 is 0 Å².